The van der Waals surface area contributed by atoms with Crippen LogP contribution >= 0.6 is 0 Å². The zero-order chi connectivity index (χ0) is 110. The molecular weight excluding hydrogens is 2070 g/mol. The number of carbonyl (C=O) groups excluding carboxylic acids is 2. The van der Waals surface area contributed by atoms with Gasteiger partial charge in [-0.15, -0.1) is 0 Å². The normalized spacial score (nSPS) is 52.1. The minimum atomic E-state index is -2.71. The number of nitrogens with one attached hydrogen (secondary N) is 2. The second-order valence-electron chi connectivity index (χ2n) is 38.0. The van der Waals surface area contributed by atoms with E-state index in [2.05, 4.69) is 10.6 Å². The minimum absolute atomic E-state index is 0.834. The summed E-state index contributed by atoms with van der Waals surface area (Å²) in [5.41, 5.74) is 0. The third kappa shape index (κ3) is 26.2. The van der Waals surface area contributed by atoms with Crippen LogP contribution in [0.1, 0.15) is 13.8 Å². The fraction of sp³-hybridized carbons (Fsp3) is 0.976. The Bertz CT molecular complexity index is 4080. The number of amides is 2. The highest BCUT2D eigenvalue weighted by atomic mass is 16.8. The van der Waals surface area contributed by atoms with E-state index in [1.54, 1.807) is 0 Å². The Morgan fingerprint density at radius 2 is 0.360 bits per heavy atom. The molecule has 0 radical (unpaired) electrons. The Morgan fingerprint density at radius 1 is 0.173 bits per heavy atom. The number of carbonyl (C=O) groups is 2. The van der Waals surface area contributed by atoms with Crippen LogP contribution in [0.4, 0.5) is 0 Å². The van der Waals surface area contributed by atoms with Crippen molar-refractivity contribution in [1.29, 1.82) is 0 Å². The van der Waals surface area contributed by atoms with Gasteiger partial charge in [0.05, 0.1) is 85.9 Å². The smallest absolute Gasteiger partial charge is 0.217 e. The van der Waals surface area contributed by atoms with Crippen molar-refractivity contribution in [2.45, 2.75) is 413 Å². The van der Waals surface area contributed by atoms with E-state index in [-0.39, 0.29) is 0 Å². The molecule has 13 heterocycles. The maximum atomic E-state index is 13.1. The molecule has 13 saturated heterocycles. The van der Waals surface area contributed by atoms with Crippen LogP contribution in [0.5, 0.6) is 0 Å². The predicted octanol–water partition coefficient (Wildman–Crippen LogP) is -29.0. The Hall–Kier alpha value is -3.62. The number of aliphatic hydroxyl groups is 39. The average Bonchev–Trinajstić information content (AvgIpc) is 0.761. The lowest BCUT2D eigenvalue weighted by Gasteiger charge is -2.51. The predicted molar refractivity (Wildman–Crippen MR) is 451 cm³/mol. The van der Waals surface area contributed by atoms with Gasteiger partial charge >= 0.3 is 0 Å². The molecule has 0 spiro atoms. The third-order valence-electron chi connectivity index (χ3n) is 28.0. The van der Waals surface area contributed by atoms with E-state index in [1.807, 2.05) is 0 Å². The van der Waals surface area contributed by atoms with Gasteiger partial charge in [0.2, 0.25) is 11.8 Å². The largest absolute Gasteiger partial charge is 0.394 e. The van der Waals surface area contributed by atoms with Crippen LogP contribution in [0.3, 0.4) is 0 Å². The van der Waals surface area contributed by atoms with Crippen LogP contribution in [-0.4, -0.2) is 696 Å². The van der Waals surface area contributed by atoms with E-state index in [1.165, 1.54) is 0 Å². The molecule has 0 saturated carbocycles. The van der Waals surface area contributed by atoms with Gasteiger partial charge in [-0.2, -0.15) is 0 Å². The summed E-state index contributed by atoms with van der Waals surface area (Å²) >= 11 is 0. The molecule has 0 unspecified atom stereocenters. The van der Waals surface area contributed by atoms with Gasteiger partial charge in [-0.25, -0.2) is 0 Å². The molecule has 872 valence electrons. The Kier molecular flexibility index (Phi) is 44.2. The topological polar surface area (TPSA) is 1080 Å². The summed E-state index contributed by atoms with van der Waals surface area (Å²) in [4.78, 5) is 25.4. The van der Waals surface area contributed by atoms with E-state index in [0.29, 0.717) is 0 Å². The molecule has 41 N–H and O–H groups in total. The van der Waals surface area contributed by atoms with Gasteiger partial charge in [0.1, 0.15) is 317 Å². The van der Waals surface area contributed by atoms with Gasteiger partial charge in [-0.05, 0) is 0 Å². The molecule has 13 fully saturated rings. The molecule has 0 bridgehead atoms. The third-order valence-corrected chi connectivity index (χ3v) is 28.0. The average molecular weight is 2210 g/mol. The van der Waals surface area contributed by atoms with Crippen molar-refractivity contribution in [2.75, 3.05) is 85.9 Å². The summed E-state index contributed by atoms with van der Waals surface area (Å²) in [6.45, 7) is -13.3. The summed E-state index contributed by atoms with van der Waals surface area (Å²) in [6, 6.07) is -3.73. The fourth-order valence-corrected chi connectivity index (χ4v) is 19.4. The highest BCUT2D eigenvalue weighted by molar-refractivity contribution is 5.73. The number of hydrogen-bond donors (Lipinski definition) is 41. The first kappa shape index (κ1) is 123. The van der Waals surface area contributed by atoms with Crippen molar-refractivity contribution in [3.63, 3.8) is 0 Å². The van der Waals surface area contributed by atoms with Crippen molar-refractivity contribution in [3.05, 3.63) is 0 Å². The molecule has 65 atom stereocenters. The van der Waals surface area contributed by atoms with Gasteiger partial charge in [0.25, 0.3) is 0 Å². The summed E-state index contributed by atoms with van der Waals surface area (Å²) in [5, 5.41) is 441. The highest BCUT2D eigenvalue weighted by Crippen LogP contribution is 2.44. The summed E-state index contributed by atoms with van der Waals surface area (Å²) in [6.07, 6.45) is -140. The zero-order valence-corrected chi connectivity index (χ0v) is 79.2. The molecule has 68 heteroatoms. The van der Waals surface area contributed by atoms with Crippen molar-refractivity contribution < 1.29 is 327 Å². The Morgan fingerprint density at radius 3 is 0.680 bits per heavy atom. The lowest BCUT2D eigenvalue weighted by molar-refractivity contribution is -0.412. The van der Waals surface area contributed by atoms with Crippen LogP contribution in [-0.2, 0) is 128 Å². The number of ether oxygens (including phenoxy) is 25. The number of hydrogen-bond acceptors (Lipinski definition) is 66. The Balaban J connectivity index is 0.766. The van der Waals surface area contributed by atoms with E-state index in [9.17, 15) is 209 Å². The van der Waals surface area contributed by atoms with Crippen molar-refractivity contribution >= 4 is 11.8 Å². The minimum Gasteiger partial charge on any atom is -0.394 e. The molecule has 0 aromatic rings. The van der Waals surface area contributed by atoms with Gasteiger partial charge < -0.3 is 328 Å². The van der Waals surface area contributed by atoms with E-state index in [4.69, 9.17) is 118 Å². The molecule has 68 nitrogen and oxygen atoms in total. The molecule has 13 rings (SSSR count). The number of rotatable bonds is 39. The Labute approximate surface area is 845 Å². The lowest BCUT2D eigenvalue weighted by Crippen LogP contribution is -2.70. The molecule has 2 amide bonds. The second kappa shape index (κ2) is 53.8. The van der Waals surface area contributed by atoms with Crippen molar-refractivity contribution in [3.8, 4) is 0 Å². The van der Waals surface area contributed by atoms with Crippen LogP contribution in [0.2, 0.25) is 0 Å². The maximum absolute atomic E-state index is 13.1. The first-order chi connectivity index (χ1) is 71.1. The second-order valence-corrected chi connectivity index (χ2v) is 38.0. The van der Waals surface area contributed by atoms with Gasteiger partial charge in [-0.3, -0.25) is 9.59 Å². The van der Waals surface area contributed by atoms with Crippen LogP contribution in [0, 0.1) is 0 Å². The molecular formula is C82H138N2O66. The first-order valence-corrected chi connectivity index (χ1v) is 47.7. The van der Waals surface area contributed by atoms with E-state index < -0.39 is 497 Å². The van der Waals surface area contributed by atoms with Gasteiger partial charge in [0.15, 0.2) is 81.8 Å². The van der Waals surface area contributed by atoms with Crippen LogP contribution < -0.4 is 10.6 Å². The van der Waals surface area contributed by atoms with Crippen molar-refractivity contribution in [1.82, 2.24) is 10.6 Å². The van der Waals surface area contributed by atoms with Crippen LogP contribution in [0.15, 0.2) is 0 Å². The monoisotopic (exact) mass is 2210 g/mol. The first-order valence-electron chi connectivity index (χ1n) is 47.7. The van der Waals surface area contributed by atoms with Gasteiger partial charge in [0, 0.05) is 13.8 Å². The lowest BCUT2D eigenvalue weighted by atomic mass is 9.94. The molecule has 0 aromatic heterocycles. The van der Waals surface area contributed by atoms with E-state index >= 15 is 0 Å². The molecule has 13 aliphatic heterocycles. The highest BCUT2D eigenvalue weighted by Gasteiger charge is 2.64. The number of aliphatic hydroxyl groups excluding tert-OH is 39. The zero-order valence-electron chi connectivity index (χ0n) is 79.2. The maximum Gasteiger partial charge on any atom is 0.217 e. The SMILES string of the molecule is CC(=O)N[C@@H]1[C@@H](O)[C@H](O[C@@H]2O[C@H](CO)[C@@H](O[C@@H]3O[C@H](CO[C@H]4O[C@H](CO[C@H]5O[C@H](CO)[C@@H](O)[C@H](O[C@H]6O[C@H](CO)[C@@H](O)[C@H](O)[C@@H]6O[C@H]6O[C@H](CO)[C@@H](O)[C@H](O)[C@@H]6O)[C@@H]5O)[C@@H](O)[C@H](O)[C@@H]4O)[C@@H](O)[C@H](O[C@H]4O[C@H](CO)[C@@H](O)[C@H](O)[C@@H]4O[C@H]4O[C@H](CO)[C@@H](O)[C@H](O)[C@@H]4O[C@H]4O[C@H](CO)[C@@H](O)[C@H](O[C@H]5O[C@H](CO)[C@@H](O)[C@H](O[C@H]6O[C@H](CO)[C@@H](O)[C@H](O[C@H]7O[C@H](CO)[C@@H](O)[C@H](O)[C@H]7O)[C@H]6O)[C@H]5O)[C@@H]4O)[C@@H]3O)[C@H](O)[C@H]2NC(C)=O)[C@@H](CO)O[C@H]1O. The summed E-state index contributed by atoms with van der Waals surface area (Å²) in [7, 11) is 0. The van der Waals surface area contributed by atoms with E-state index in [0.717, 1.165) is 13.8 Å². The molecule has 0 aromatic carbocycles. The van der Waals surface area contributed by atoms with Crippen molar-refractivity contribution in [2.24, 2.45) is 0 Å². The van der Waals surface area contributed by atoms with Crippen LogP contribution in [0.25, 0.3) is 0 Å². The quantitative estimate of drug-likeness (QED) is 0.0272. The standard InChI is InChI=1S/C82H138N2O66/c1-16(96)83-31-44(109)60(27(12-94)128-70(31)125)141-71-32(84-17(2)97)45(110)61(28(13-95)138-71)142-79-59(124)66(43(108)30(140-79)15-126-72-52(117)48(113)38(103)29(139-72)14-127-73-55(120)62(39(104)23(8-90)129-73)146-80-67(49(114)35(100)20(5-87)135-80)148-75-54(119)47(112)34(99)19(4-86)131-75)147-81-69(51(116)37(102)21(6-88)136-81)150-82-68(50(115)36(101)22(7-89)137-82)149-78-58(123)65(42(107)26(11-93)134-78)145-77-57(122)64(41(106)25(10-92)133-77)144-76-56(121)63(40(105)24(9-91)132-76)143-74-53(118)46(111)33(98)18(3-85)130-74/h18-82,85-95,98-125H,3-15H2,1-2H3,(H,83,96)(H,84,97)/t18-,19-,20-,21-,22-,23-,24-,25-,26-,27-,28-,29-,30-,31-,32-,33-,34-,35-,36-,37-,38-,39-,40-,41-,42-,43-,44-,45-,46+,47+,48+,49+,50+,51+,52+,53-,54+,55+,56-,57-,58+,59+,60-,61-,62+,63+,64+,65+,66+,67+,68+,69+,70-,71+,72+,73+,74-,75-,76-,77-,78-,79+,80-,81-,82-/m1/s1. The molecule has 150 heavy (non-hydrogen) atoms. The summed E-state index contributed by atoms with van der Waals surface area (Å²) in [5.74, 6) is -1.84. The molecule has 13 aliphatic rings. The fourth-order valence-electron chi connectivity index (χ4n) is 19.4. The van der Waals surface area contributed by atoms with Gasteiger partial charge in [-0.1, -0.05) is 0 Å². The summed E-state index contributed by atoms with van der Waals surface area (Å²) < 4.78 is 146. The molecule has 0 aliphatic carbocycles.